The highest BCUT2D eigenvalue weighted by Crippen LogP contribution is 2.43. The summed E-state index contributed by atoms with van der Waals surface area (Å²) in [5.74, 6) is 2.75. The molecule has 1 aliphatic heterocycles. The fraction of sp³-hybridized carbons (Fsp3) is 0.438. The molecule has 4 heteroatoms. The maximum absolute atomic E-state index is 6.00. The van der Waals surface area contributed by atoms with Crippen LogP contribution >= 0.6 is 0 Å². The van der Waals surface area contributed by atoms with Crippen LogP contribution in [0.5, 0.6) is 11.5 Å². The molecule has 2 heterocycles. The van der Waals surface area contributed by atoms with Gasteiger partial charge < -0.3 is 14.8 Å². The van der Waals surface area contributed by atoms with Crippen LogP contribution in [-0.4, -0.2) is 24.2 Å². The van der Waals surface area contributed by atoms with Gasteiger partial charge in [-0.2, -0.15) is 0 Å². The Morgan fingerprint density at radius 1 is 1.45 bits per heavy atom. The zero-order valence-corrected chi connectivity index (χ0v) is 12.2. The molecule has 1 N–H and O–H groups in total. The van der Waals surface area contributed by atoms with Crippen LogP contribution in [0.15, 0.2) is 18.3 Å². The zero-order valence-electron chi connectivity index (χ0n) is 12.2. The predicted octanol–water partition coefficient (Wildman–Crippen LogP) is 3.39. The van der Waals surface area contributed by atoms with Crippen LogP contribution in [0.3, 0.4) is 0 Å². The molecule has 0 amide bonds. The summed E-state index contributed by atoms with van der Waals surface area (Å²) in [5.41, 5.74) is 1.21. The van der Waals surface area contributed by atoms with Gasteiger partial charge in [0.1, 0.15) is 23.4 Å². The summed E-state index contributed by atoms with van der Waals surface area (Å²) in [5, 5.41) is 5.42. The Morgan fingerprint density at radius 2 is 2.30 bits per heavy atom. The van der Waals surface area contributed by atoms with Gasteiger partial charge in [-0.25, -0.2) is 4.98 Å². The van der Waals surface area contributed by atoms with Gasteiger partial charge >= 0.3 is 0 Å². The first kappa shape index (κ1) is 13.0. The molecule has 1 atom stereocenters. The lowest BCUT2D eigenvalue weighted by molar-refractivity contribution is 0.257. The van der Waals surface area contributed by atoms with Crippen molar-refractivity contribution < 1.29 is 9.47 Å². The largest absolute Gasteiger partial charge is 0.493 e. The van der Waals surface area contributed by atoms with Crippen LogP contribution in [0.4, 0.5) is 5.82 Å². The Balaban J connectivity index is 2.28. The van der Waals surface area contributed by atoms with Crippen LogP contribution < -0.4 is 14.8 Å². The second-order valence-corrected chi connectivity index (χ2v) is 5.04. The summed E-state index contributed by atoms with van der Waals surface area (Å²) >= 11 is 0. The minimum atomic E-state index is 0.208. The van der Waals surface area contributed by atoms with E-state index >= 15 is 0 Å². The highest BCUT2D eigenvalue weighted by Gasteiger charge is 2.25. The molecule has 106 valence electrons. The summed E-state index contributed by atoms with van der Waals surface area (Å²) < 4.78 is 11.8. The van der Waals surface area contributed by atoms with Crippen LogP contribution in [0.2, 0.25) is 0 Å². The highest BCUT2D eigenvalue weighted by molar-refractivity contribution is 6.01. The number of fused-ring (bicyclic) bond motifs is 3. The first-order valence-corrected chi connectivity index (χ1v) is 7.22. The van der Waals surface area contributed by atoms with Crippen LogP contribution in [-0.2, 0) is 6.42 Å². The first-order valence-electron chi connectivity index (χ1n) is 7.22. The Morgan fingerprint density at radius 3 is 3.05 bits per heavy atom. The lowest BCUT2D eigenvalue weighted by Crippen LogP contribution is -2.06. The average Bonchev–Trinajstić information content (AvgIpc) is 2.80. The molecule has 1 aromatic carbocycles. The molecule has 3 rings (SSSR count). The number of benzene rings is 1. The molecule has 1 aromatic heterocycles. The Labute approximate surface area is 119 Å². The van der Waals surface area contributed by atoms with Gasteiger partial charge in [0.15, 0.2) is 0 Å². The average molecular weight is 272 g/mol. The number of hydrogen-bond acceptors (Lipinski definition) is 4. The van der Waals surface area contributed by atoms with Crippen molar-refractivity contribution in [3.8, 4) is 11.5 Å². The molecule has 0 bridgehead atoms. The molecule has 4 nitrogen and oxygen atoms in total. The van der Waals surface area contributed by atoms with Gasteiger partial charge in [-0.3, -0.25) is 0 Å². The molecule has 0 saturated carbocycles. The van der Waals surface area contributed by atoms with Crippen LogP contribution in [0, 0.1) is 0 Å². The van der Waals surface area contributed by atoms with Gasteiger partial charge in [0.05, 0.1) is 12.0 Å². The van der Waals surface area contributed by atoms with Crippen molar-refractivity contribution in [1.29, 1.82) is 0 Å². The van der Waals surface area contributed by atoms with Gasteiger partial charge in [0.25, 0.3) is 0 Å². The number of nitrogens with zero attached hydrogens (tertiary/aromatic N) is 1. The second kappa shape index (κ2) is 5.19. The molecule has 1 aliphatic rings. The number of nitrogens with one attached hydrogen (secondary N) is 1. The third-order valence-corrected chi connectivity index (χ3v) is 3.51. The monoisotopic (exact) mass is 272 g/mol. The summed E-state index contributed by atoms with van der Waals surface area (Å²) in [4.78, 5) is 4.45. The number of aromatic nitrogens is 1. The number of pyridine rings is 1. The predicted molar refractivity (Wildman–Crippen MR) is 80.9 cm³/mol. The van der Waals surface area contributed by atoms with Gasteiger partial charge in [-0.15, -0.1) is 0 Å². The van der Waals surface area contributed by atoms with Crippen molar-refractivity contribution in [3.63, 3.8) is 0 Å². The normalized spacial score (nSPS) is 16.9. The molecule has 0 fully saturated rings. The summed E-state index contributed by atoms with van der Waals surface area (Å²) in [6.07, 6.45) is 2.94. The molecule has 20 heavy (non-hydrogen) atoms. The molecular formula is C16H20N2O2. The number of rotatable bonds is 4. The van der Waals surface area contributed by atoms with Crippen LogP contribution in [0.25, 0.3) is 10.8 Å². The van der Waals surface area contributed by atoms with E-state index in [9.17, 15) is 0 Å². The summed E-state index contributed by atoms with van der Waals surface area (Å²) in [6, 6.07) is 4.11. The lowest BCUT2D eigenvalue weighted by Gasteiger charge is -2.14. The molecule has 0 saturated heterocycles. The van der Waals surface area contributed by atoms with E-state index in [0.717, 1.165) is 41.1 Å². The standard InChI is InChI=1S/C16H20N2O2/c1-4-17-16-14-12(6-7-18-16)13(19-5-2)9-11-8-10(3)20-15(11)14/h6-7,9-10H,4-5,8H2,1-3H3,(H,17,18). The number of hydrogen-bond donors (Lipinski definition) is 1. The minimum Gasteiger partial charge on any atom is -0.493 e. The van der Waals surface area contributed by atoms with E-state index in [-0.39, 0.29) is 6.10 Å². The topological polar surface area (TPSA) is 43.4 Å². The van der Waals surface area contributed by atoms with E-state index in [4.69, 9.17) is 9.47 Å². The maximum atomic E-state index is 6.00. The Bertz CT molecular complexity index is 636. The SMILES string of the molecule is CCNc1nccc2c(OCC)cc3c(c12)OC(C)C3. The third kappa shape index (κ3) is 2.05. The van der Waals surface area contributed by atoms with Crippen molar-refractivity contribution >= 4 is 16.6 Å². The van der Waals surface area contributed by atoms with Gasteiger partial charge in [0.2, 0.25) is 0 Å². The third-order valence-electron chi connectivity index (χ3n) is 3.51. The van der Waals surface area contributed by atoms with Gasteiger partial charge in [-0.05, 0) is 32.9 Å². The lowest BCUT2D eigenvalue weighted by atomic mass is 10.0. The van der Waals surface area contributed by atoms with Gasteiger partial charge in [-0.1, -0.05) is 0 Å². The molecule has 2 aromatic rings. The Hall–Kier alpha value is -1.97. The number of anilines is 1. The van der Waals surface area contributed by atoms with Crippen molar-refractivity contribution in [3.05, 3.63) is 23.9 Å². The summed E-state index contributed by atoms with van der Waals surface area (Å²) in [6.45, 7) is 7.65. The molecular weight excluding hydrogens is 252 g/mol. The van der Waals surface area contributed by atoms with E-state index in [2.05, 4.69) is 30.2 Å². The zero-order chi connectivity index (χ0) is 14.1. The molecule has 0 aliphatic carbocycles. The van der Waals surface area contributed by atoms with E-state index in [1.54, 1.807) is 0 Å². The molecule has 0 radical (unpaired) electrons. The minimum absolute atomic E-state index is 0.208. The van der Waals surface area contributed by atoms with E-state index < -0.39 is 0 Å². The van der Waals surface area contributed by atoms with Gasteiger partial charge in [0, 0.05) is 30.1 Å². The van der Waals surface area contributed by atoms with Crippen molar-refractivity contribution in [2.45, 2.75) is 33.3 Å². The van der Waals surface area contributed by atoms with Crippen molar-refractivity contribution in [2.75, 3.05) is 18.5 Å². The van der Waals surface area contributed by atoms with Crippen molar-refractivity contribution in [2.24, 2.45) is 0 Å². The quantitative estimate of drug-likeness (QED) is 0.926. The van der Waals surface area contributed by atoms with E-state index in [1.807, 2.05) is 19.2 Å². The van der Waals surface area contributed by atoms with E-state index in [1.165, 1.54) is 5.56 Å². The van der Waals surface area contributed by atoms with Crippen molar-refractivity contribution in [1.82, 2.24) is 4.98 Å². The Kier molecular flexibility index (Phi) is 3.38. The summed E-state index contributed by atoms with van der Waals surface area (Å²) in [7, 11) is 0. The van der Waals surface area contributed by atoms with Crippen LogP contribution in [0.1, 0.15) is 26.3 Å². The maximum Gasteiger partial charge on any atom is 0.137 e. The van der Waals surface area contributed by atoms with E-state index in [0.29, 0.717) is 6.61 Å². The first-order chi connectivity index (χ1) is 9.74. The fourth-order valence-electron chi connectivity index (χ4n) is 2.77. The second-order valence-electron chi connectivity index (χ2n) is 5.04. The fourth-order valence-corrected chi connectivity index (χ4v) is 2.77. The molecule has 1 unspecified atom stereocenters. The highest BCUT2D eigenvalue weighted by atomic mass is 16.5. The smallest absolute Gasteiger partial charge is 0.137 e. The molecule has 0 spiro atoms. The number of ether oxygens (including phenoxy) is 2.